The molecule has 0 rings (SSSR count). The van der Waals surface area contributed by atoms with Crippen molar-refractivity contribution in [2.75, 3.05) is 14.1 Å². The number of nitrogens with one attached hydrogen (secondary N) is 1. The third-order valence-electron chi connectivity index (χ3n) is 0.169. The first kappa shape index (κ1) is 5.21. The fourth-order valence-electron chi connectivity index (χ4n) is 0. The van der Waals surface area contributed by atoms with Crippen molar-refractivity contribution in [1.82, 2.24) is 9.95 Å². The molecular formula is C2H7ClN2. The second-order valence-corrected chi connectivity index (χ2v) is 1.15. The smallest absolute Gasteiger partial charge is 0.00254 e. The first-order valence-corrected chi connectivity index (χ1v) is 1.68. The number of hydrogen-bond acceptors (Lipinski definition) is 2. The van der Waals surface area contributed by atoms with E-state index in [-0.39, 0.29) is 0 Å². The average Bonchev–Trinajstić information content (AvgIpc) is 1.38. The van der Waals surface area contributed by atoms with Crippen LogP contribution in [0.4, 0.5) is 0 Å². The normalized spacial score (nSPS) is 9.60. The van der Waals surface area contributed by atoms with Gasteiger partial charge in [-0.2, -0.15) is 4.94 Å². The fraction of sp³-hybridized carbons (Fsp3) is 1.00. The Labute approximate surface area is 36.8 Å². The molecule has 1 N–H and O–H groups in total. The third-order valence-corrected chi connectivity index (χ3v) is 0.507. The summed E-state index contributed by atoms with van der Waals surface area (Å²) in [6.45, 7) is 0. The molecule has 0 aliphatic carbocycles. The van der Waals surface area contributed by atoms with Crippen LogP contribution in [0.25, 0.3) is 0 Å². The van der Waals surface area contributed by atoms with Crippen LogP contribution in [0.3, 0.4) is 0 Å². The molecule has 0 radical (unpaired) electrons. The molecule has 0 bridgehead atoms. The summed E-state index contributed by atoms with van der Waals surface area (Å²) in [6.07, 6.45) is 0. The summed E-state index contributed by atoms with van der Waals surface area (Å²) < 4.78 is 0. The lowest BCUT2D eigenvalue weighted by molar-refractivity contribution is 0.378. The van der Waals surface area contributed by atoms with Crippen LogP contribution in [0.15, 0.2) is 0 Å². The number of rotatable bonds is 1. The predicted octanol–water partition coefficient (Wildman–Crippen LogP) is 0.206. The molecule has 0 spiro atoms. The maximum absolute atomic E-state index is 5.01. The van der Waals surface area contributed by atoms with Crippen molar-refractivity contribution in [3.8, 4) is 0 Å². The van der Waals surface area contributed by atoms with Crippen molar-refractivity contribution in [1.29, 1.82) is 0 Å². The quantitative estimate of drug-likeness (QED) is 0.369. The number of hydrazine groups is 1. The van der Waals surface area contributed by atoms with Crippen molar-refractivity contribution in [3.63, 3.8) is 0 Å². The standard InChI is InChI=1S/C2H7ClN2/c1-5(2)4-3/h4H,1-2H3. The van der Waals surface area contributed by atoms with Gasteiger partial charge in [0.15, 0.2) is 0 Å². The summed E-state index contributed by atoms with van der Waals surface area (Å²) in [6, 6.07) is 0. The Hall–Kier alpha value is 0.210. The van der Waals surface area contributed by atoms with E-state index in [9.17, 15) is 0 Å². The first-order valence-electron chi connectivity index (χ1n) is 1.31. The van der Waals surface area contributed by atoms with Gasteiger partial charge in [-0.1, -0.05) is 0 Å². The summed E-state index contributed by atoms with van der Waals surface area (Å²) in [5, 5.41) is 1.64. The molecule has 0 aromatic carbocycles. The molecule has 0 aliphatic rings. The third kappa shape index (κ3) is 4.21. The maximum Gasteiger partial charge on any atom is 0.00254 e. The number of hydrogen-bond donors (Lipinski definition) is 1. The number of nitrogens with zero attached hydrogens (tertiary/aromatic N) is 1. The Balaban J connectivity index is 2.54. The minimum absolute atomic E-state index is 1.64. The van der Waals surface area contributed by atoms with Crippen LogP contribution in [0.1, 0.15) is 0 Å². The van der Waals surface area contributed by atoms with Gasteiger partial charge in [0.2, 0.25) is 0 Å². The summed E-state index contributed by atoms with van der Waals surface area (Å²) in [5.74, 6) is 0. The monoisotopic (exact) mass is 94.0 g/mol. The molecule has 0 saturated carbocycles. The lowest BCUT2D eigenvalue weighted by Gasteiger charge is -1.99. The summed E-state index contributed by atoms with van der Waals surface area (Å²) in [5.41, 5.74) is 0. The van der Waals surface area contributed by atoms with E-state index in [1.165, 1.54) is 0 Å². The molecule has 0 aliphatic heterocycles. The van der Waals surface area contributed by atoms with Gasteiger partial charge < -0.3 is 0 Å². The molecule has 0 aromatic heterocycles. The molecule has 0 aromatic rings. The van der Waals surface area contributed by atoms with Crippen LogP contribution in [-0.2, 0) is 0 Å². The molecule has 32 valence electrons. The van der Waals surface area contributed by atoms with Gasteiger partial charge in [0.05, 0.1) is 0 Å². The lowest BCUT2D eigenvalue weighted by atomic mass is 11.2. The SMILES string of the molecule is CN(C)NCl. The topological polar surface area (TPSA) is 15.3 Å². The van der Waals surface area contributed by atoms with Gasteiger partial charge in [0.1, 0.15) is 0 Å². The molecule has 0 unspecified atom stereocenters. The van der Waals surface area contributed by atoms with Gasteiger partial charge in [0, 0.05) is 14.1 Å². The van der Waals surface area contributed by atoms with Gasteiger partial charge in [-0.25, -0.2) is 5.01 Å². The van der Waals surface area contributed by atoms with Gasteiger partial charge in [-0.05, 0) is 11.8 Å². The Bertz CT molecular complexity index is 21.6. The highest BCUT2D eigenvalue weighted by Crippen LogP contribution is 1.61. The largest absolute Gasteiger partial charge is 0.236 e. The second-order valence-electron chi connectivity index (χ2n) is 0.979. The molecule has 0 heterocycles. The zero-order valence-electron chi connectivity index (χ0n) is 3.33. The highest BCUT2D eigenvalue weighted by molar-refractivity contribution is 6.12. The van der Waals surface area contributed by atoms with Gasteiger partial charge in [-0.15, -0.1) is 0 Å². The van der Waals surface area contributed by atoms with Crippen LogP contribution < -0.4 is 4.94 Å². The van der Waals surface area contributed by atoms with E-state index < -0.39 is 0 Å². The molecular weight excluding hydrogens is 87.5 g/mol. The van der Waals surface area contributed by atoms with Crippen LogP contribution in [-0.4, -0.2) is 19.1 Å². The van der Waals surface area contributed by atoms with Crippen LogP contribution in [0.2, 0.25) is 0 Å². The minimum Gasteiger partial charge on any atom is -0.236 e. The van der Waals surface area contributed by atoms with E-state index in [0.717, 1.165) is 0 Å². The average molecular weight is 94.5 g/mol. The molecule has 5 heavy (non-hydrogen) atoms. The predicted molar refractivity (Wildman–Crippen MR) is 22.7 cm³/mol. The van der Waals surface area contributed by atoms with Crippen molar-refractivity contribution in [2.24, 2.45) is 0 Å². The van der Waals surface area contributed by atoms with E-state index >= 15 is 0 Å². The first-order chi connectivity index (χ1) is 2.27. The number of halogens is 1. The highest BCUT2D eigenvalue weighted by Gasteiger charge is 1.71. The maximum atomic E-state index is 5.01. The summed E-state index contributed by atoms with van der Waals surface area (Å²) in [4.78, 5) is 2.33. The van der Waals surface area contributed by atoms with Crippen molar-refractivity contribution in [2.45, 2.75) is 0 Å². The summed E-state index contributed by atoms with van der Waals surface area (Å²) >= 11 is 5.01. The zero-order chi connectivity index (χ0) is 4.28. The van der Waals surface area contributed by atoms with Gasteiger partial charge in [-0.3, -0.25) is 0 Å². The Morgan fingerprint density at radius 2 is 1.80 bits per heavy atom. The molecule has 0 saturated heterocycles. The van der Waals surface area contributed by atoms with Gasteiger partial charge >= 0.3 is 0 Å². The van der Waals surface area contributed by atoms with E-state index in [1.54, 1.807) is 5.01 Å². The van der Waals surface area contributed by atoms with Crippen molar-refractivity contribution >= 4 is 11.8 Å². The van der Waals surface area contributed by atoms with Gasteiger partial charge in [0.25, 0.3) is 0 Å². The Kier molecular flexibility index (Phi) is 2.55. The zero-order valence-corrected chi connectivity index (χ0v) is 4.08. The minimum atomic E-state index is 1.64. The Morgan fingerprint density at radius 1 is 1.60 bits per heavy atom. The van der Waals surface area contributed by atoms with Crippen molar-refractivity contribution < 1.29 is 0 Å². The summed E-state index contributed by atoms with van der Waals surface area (Å²) in [7, 11) is 3.62. The van der Waals surface area contributed by atoms with Crippen LogP contribution >= 0.6 is 11.8 Å². The Morgan fingerprint density at radius 3 is 1.80 bits per heavy atom. The molecule has 0 atom stereocenters. The van der Waals surface area contributed by atoms with E-state index in [0.29, 0.717) is 0 Å². The fourth-order valence-corrected chi connectivity index (χ4v) is 0. The second kappa shape index (κ2) is 2.45. The van der Waals surface area contributed by atoms with Crippen molar-refractivity contribution in [3.05, 3.63) is 0 Å². The molecule has 2 nitrogen and oxygen atoms in total. The van der Waals surface area contributed by atoms with E-state index in [2.05, 4.69) is 4.94 Å². The van der Waals surface area contributed by atoms with E-state index in [1.807, 2.05) is 14.1 Å². The van der Waals surface area contributed by atoms with Crippen LogP contribution in [0, 0.1) is 0 Å². The van der Waals surface area contributed by atoms with Crippen LogP contribution in [0.5, 0.6) is 0 Å². The molecule has 3 heteroatoms. The lowest BCUT2D eigenvalue weighted by Crippen LogP contribution is -2.20. The molecule has 0 amide bonds. The highest BCUT2D eigenvalue weighted by atomic mass is 35.5. The molecule has 0 fully saturated rings. The van der Waals surface area contributed by atoms with E-state index in [4.69, 9.17) is 11.8 Å².